The van der Waals surface area contributed by atoms with Crippen LogP contribution in [0.25, 0.3) is 0 Å². The molecule has 3 aromatic rings. The maximum Gasteiger partial charge on any atom is 0.247 e. The Kier molecular flexibility index (Phi) is 6.87. The maximum absolute atomic E-state index is 12.3. The van der Waals surface area contributed by atoms with Gasteiger partial charge in [-0.15, -0.1) is 0 Å². The Morgan fingerprint density at radius 2 is 1.84 bits per heavy atom. The van der Waals surface area contributed by atoms with Crippen LogP contribution in [0.15, 0.2) is 65.6 Å². The summed E-state index contributed by atoms with van der Waals surface area (Å²) in [5.41, 5.74) is 0.746. The molecule has 2 N–H and O–H groups in total. The minimum Gasteiger partial charge on any atom is -0.503 e. The SMILES string of the molecule is CNCOCc1nn(CC2(c3cccc(Oc4ccccc4)c3)CCCC2)cc(O)c1=O. The molecule has 32 heavy (non-hydrogen) atoms. The molecule has 0 radical (unpaired) electrons. The number of nitrogens with one attached hydrogen (secondary N) is 1. The van der Waals surface area contributed by atoms with Crippen molar-refractivity contribution >= 4 is 0 Å². The monoisotopic (exact) mass is 435 g/mol. The first-order chi connectivity index (χ1) is 15.6. The van der Waals surface area contributed by atoms with E-state index in [4.69, 9.17) is 9.47 Å². The van der Waals surface area contributed by atoms with Gasteiger partial charge < -0.3 is 14.6 Å². The van der Waals surface area contributed by atoms with Crippen LogP contribution < -0.4 is 15.5 Å². The highest BCUT2D eigenvalue weighted by Gasteiger charge is 2.36. The second kappa shape index (κ2) is 9.97. The third kappa shape index (κ3) is 5.00. The van der Waals surface area contributed by atoms with Gasteiger partial charge in [0.05, 0.1) is 26.1 Å². The summed E-state index contributed by atoms with van der Waals surface area (Å²) in [7, 11) is 1.76. The third-order valence-electron chi connectivity index (χ3n) is 5.95. The summed E-state index contributed by atoms with van der Waals surface area (Å²) >= 11 is 0. The largest absolute Gasteiger partial charge is 0.503 e. The smallest absolute Gasteiger partial charge is 0.247 e. The third-order valence-corrected chi connectivity index (χ3v) is 5.95. The maximum atomic E-state index is 12.3. The summed E-state index contributed by atoms with van der Waals surface area (Å²) in [6.07, 6.45) is 5.67. The van der Waals surface area contributed by atoms with Crippen molar-refractivity contribution in [1.82, 2.24) is 15.1 Å². The minimum absolute atomic E-state index is 0.0431. The fourth-order valence-electron chi connectivity index (χ4n) is 4.42. The predicted octanol–water partition coefficient (Wildman–Crippen LogP) is 3.95. The average molecular weight is 436 g/mol. The molecule has 1 aliphatic rings. The average Bonchev–Trinajstić information content (AvgIpc) is 3.28. The molecule has 0 saturated heterocycles. The molecule has 1 heterocycles. The second-order valence-electron chi connectivity index (χ2n) is 8.26. The normalized spacial score (nSPS) is 15.0. The first-order valence-electron chi connectivity index (χ1n) is 10.9. The van der Waals surface area contributed by atoms with E-state index in [1.54, 1.807) is 11.7 Å². The van der Waals surface area contributed by atoms with Gasteiger partial charge in [-0.2, -0.15) is 5.10 Å². The van der Waals surface area contributed by atoms with Crippen LogP contribution in [-0.2, 0) is 23.3 Å². The molecule has 1 saturated carbocycles. The number of rotatable bonds is 9. The number of benzene rings is 2. The van der Waals surface area contributed by atoms with Crippen LogP contribution in [0.4, 0.5) is 0 Å². The molecule has 168 valence electrons. The highest BCUT2D eigenvalue weighted by atomic mass is 16.5. The zero-order valence-electron chi connectivity index (χ0n) is 18.3. The molecule has 0 aliphatic heterocycles. The summed E-state index contributed by atoms with van der Waals surface area (Å²) in [5, 5.41) is 17.6. The molecule has 0 spiro atoms. The molecule has 2 aromatic carbocycles. The lowest BCUT2D eigenvalue weighted by atomic mass is 9.78. The number of nitrogens with zero attached hydrogens (tertiary/aromatic N) is 2. The number of aromatic nitrogens is 2. The van der Waals surface area contributed by atoms with E-state index in [1.807, 2.05) is 42.5 Å². The van der Waals surface area contributed by atoms with Crippen LogP contribution in [-0.4, -0.2) is 28.7 Å². The van der Waals surface area contributed by atoms with Gasteiger partial charge >= 0.3 is 0 Å². The summed E-state index contributed by atoms with van der Waals surface area (Å²) in [6, 6.07) is 17.9. The number of aromatic hydroxyl groups is 1. The van der Waals surface area contributed by atoms with Gasteiger partial charge in [0.15, 0.2) is 5.75 Å². The molecule has 7 nitrogen and oxygen atoms in total. The summed E-state index contributed by atoms with van der Waals surface area (Å²) in [6.45, 7) is 0.908. The molecule has 0 atom stereocenters. The summed E-state index contributed by atoms with van der Waals surface area (Å²) in [5.74, 6) is 1.28. The lowest BCUT2D eigenvalue weighted by Gasteiger charge is -2.30. The zero-order chi connectivity index (χ0) is 22.4. The Balaban J connectivity index is 1.61. The van der Waals surface area contributed by atoms with Gasteiger partial charge in [0, 0.05) is 5.41 Å². The van der Waals surface area contributed by atoms with E-state index in [2.05, 4.69) is 22.5 Å². The Morgan fingerprint density at radius 1 is 1.09 bits per heavy atom. The second-order valence-corrected chi connectivity index (χ2v) is 8.26. The van der Waals surface area contributed by atoms with Gasteiger partial charge in [-0.3, -0.25) is 14.8 Å². The van der Waals surface area contributed by atoms with Crippen molar-refractivity contribution in [2.45, 2.75) is 44.2 Å². The van der Waals surface area contributed by atoms with Crippen molar-refractivity contribution in [3.8, 4) is 17.2 Å². The van der Waals surface area contributed by atoms with Crippen LogP contribution in [0.2, 0.25) is 0 Å². The number of hydrogen-bond donors (Lipinski definition) is 2. The zero-order valence-corrected chi connectivity index (χ0v) is 18.3. The molecule has 1 aromatic heterocycles. The van der Waals surface area contributed by atoms with Gasteiger partial charge in [0.25, 0.3) is 0 Å². The number of hydrogen-bond acceptors (Lipinski definition) is 6. The van der Waals surface area contributed by atoms with E-state index in [0.29, 0.717) is 13.3 Å². The molecule has 0 unspecified atom stereocenters. The Labute approximate surface area is 187 Å². The van der Waals surface area contributed by atoms with Crippen LogP contribution in [0, 0.1) is 0 Å². The number of ether oxygens (including phenoxy) is 2. The van der Waals surface area contributed by atoms with E-state index < -0.39 is 5.43 Å². The van der Waals surface area contributed by atoms with Crippen LogP contribution in [0.5, 0.6) is 17.2 Å². The fourth-order valence-corrected chi connectivity index (χ4v) is 4.42. The molecule has 0 bridgehead atoms. The van der Waals surface area contributed by atoms with E-state index in [0.717, 1.165) is 37.2 Å². The molecule has 1 aliphatic carbocycles. The summed E-state index contributed by atoms with van der Waals surface area (Å²) < 4.78 is 13.1. The van der Waals surface area contributed by atoms with Crippen molar-refractivity contribution in [2.24, 2.45) is 0 Å². The highest BCUT2D eigenvalue weighted by Crippen LogP contribution is 2.43. The molecule has 0 amide bonds. The van der Waals surface area contributed by atoms with Crippen LogP contribution >= 0.6 is 0 Å². The molecule has 7 heteroatoms. The quantitative estimate of drug-likeness (QED) is 0.391. The lowest BCUT2D eigenvalue weighted by Crippen LogP contribution is -2.31. The Hall–Kier alpha value is -3.16. The Morgan fingerprint density at radius 3 is 2.59 bits per heavy atom. The highest BCUT2D eigenvalue weighted by molar-refractivity contribution is 5.38. The van der Waals surface area contributed by atoms with E-state index in [9.17, 15) is 9.90 Å². The van der Waals surface area contributed by atoms with Crippen molar-refractivity contribution < 1.29 is 14.6 Å². The first-order valence-corrected chi connectivity index (χ1v) is 10.9. The molecule has 1 fully saturated rings. The van der Waals surface area contributed by atoms with E-state index >= 15 is 0 Å². The van der Waals surface area contributed by atoms with Crippen molar-refractivity contribution in [2.75, 3.05) is 13.8 Å². The first kappa shape index (κ1) is 22.0. The molecule has 4 rings (SSSR count). The van der Waals surface area contributed by atoms with Gasteiger partial charge in [-0.05, 0) is 49.7 Å². The van der Waals surface area contributed by atoms with Gasteiger partial charge in [0.1, 0.15) is 17.2 Å². The van der Waals surface area contributed by atoms with Crippen LogP contribution in [0.3, 0.4) is 0 Å². The topological polar surface area (TPSA) is 85.6 Å². The van der Waals surface area contributed by atoms with E-state index in [1.165, 1.54) is 11.8 Å². The minimum atomic E-state index is -0.490. The Bertz CT molecular complexity index is 1090. The lowest BCUT2D eigenvalue weighted by molar-refractivity contribution is 0.104. The summed E-state index contributed by atoms with van der Waals surface area (Å²) in [4.78, 5) is 12.3. The van der Waals surface area contributed by atoms with Crippen molar-refractivity contribution in [1.29, 1.82) is 0 Å². The fraction of sp³-hybridized carbons (Fsp3) is 0.360. The van der Waals surface area contributed by atoms with Crippen molar-refractivity contribution in [3.05, 3.63) is 82.3 Å². The van der Waals surface area contributed by atoms with Gasteiger partial charge in [0.2, 0.25) is 5.43 Å². The number of para-hydroxylation sites is 1. The van der Waals surface area contributed by atoms with Gasteiger partial charge in [-0.25, -0.2) is 0 Å². The predicted molar refractivity (Wildman–Crippen MR) is 122 cm³/mol. The van der Waals surface area contributed by atoms with E-state index in [-0.39, 0.29) is 23.5 Å². The molecular formula is C25H29N3O4. The standard InChI is InChI=1S/C25H29N3O4/c1-26-18-31-16-22-24(30)23(29)15-28(27-22)17-25(12-5-6-13-25)19-8-7-11-21(14-19)32-20-9-3-2-4-10-20/h2-4,7-11,14-15,26,29H,5-6,12-13,16-18H2,1H3. The van der Waals surface area contributed by atoms with Crippen LogP contribution in [0.1, 0.15) is 36.9 Å². The van der Waals surface area contributed by atoms with Gasteiger partial charge in [-0.1, -0.05) is 43.2 Å². The molecular weight excluding hydrogens is 406 g/mol. The van der Waals surface area contributed by atoms with Crippen molar-refractivity contribution in [3.63, 3.8) is 0 Å².